The molecule has 2 atom stereocenters. The summed E-state index contributed by atoms with van der Waals surface area (Å²) < 4.78 is 23.0. The lowest BCUT2D eigenvalue weighted by Crippen LogP contribution is -2.13. The number of benzene rings is 1. The van der Waals surface area contributed by atoms with Crippen molar-refractivity contribution in [1.82, 2.24) is 0 Å². The predicted molar refractivity (Wildman–Crippen MR) is 83.1 cm³/mol. The number of rotatable bonds is 2. The fourth-order valence-electron chi connectivity index (χ4n) is 2.24. The highest BCUT2D eigenvalue weighted by molar-refractivity contribution is 8.15. The minimum Gasteiger partial charge on any atom is -0.335 e. The Morgan fingerprint density at radius 1 is 1.42 bits per heavy atom. The van der Waals surface area contributed by atoms with E-state index < -0.39 is 9.84 Å². The van der Waals surface area contributed by atoms with Crippen molar-refractivity contribution in [2.75, 3.05) is 23.1 Å². The van der Waals surface area contributed by atoms with E-state index in [2.05, 4.69) is 22.4 Å². The average Bonchev–Trinajstić information content (AvgIpc) is 2.82. The van der Waals surface area contributed by atoms with Crippen LogP contribution in [-0.4, -0.2) is 42.6 Å². The Balaban J connectivity index is 1.72. The molecule has 2 heterocycles. The fraction of sp³-hybridized carbons (Fsp3) is 0.417. The molecule has 0 bridgehead atoms. The summed E-state index contributed by atoms with van der Waals surface area (Å²) in [5.41, 5.74) is 1.00. The van der Waals surface area contributed by atoms with Crippen LogP contribution in [0.15, 0.2) is 34.2 Å². The molecule has 0 amide bonds. The van der Waals surface area contributed by atoms with Gasteiger partial charge in [0, 0.05) is 15.8 Å². The number of sulfone groups is 1. The molecule has 0 unspecified atom stereocenters. The van der Waals surface area contributed by atoms with E-state index in [1.165, 1.54) is 4.90 Å². The van der Waals surface area contributed by atoms with E-state index in [1.807, 2.05) is 18.4 Å². The molecule has 1 aromatic carbocycles. The Hall–Kier alpha value is -0.660. The van der Waals surface area contributed by atoms with Crippen LogP contribution < -0.4 is 5.32 Å². The molecule has 19 heavy (non-hydrogen) atoms. The number of fused-ring (bicyclic) bond motifs is 1. The van der Waals surface area contributed by atoms with Crippen molar-refractivity contribution < 1.29 is 8.42 Å². The standard InChI is InChI=1S/C12H14N2O2S3/c1-17-9-4-2-3-8(5-9)13-12-14-10-6-19(15,16)7-11(10)18-12/h2-5,10-11H,6-7H2,1H3,(H,13,14)/t10-,11+/m0/s1. The first-order valence-corrected chi connectivity index (χ1v) is 9.84. The quantitative estimate of drug-likeness (QED) is 0.847. The van der Waals surface area contributed by atoms with Gasteiger partial charge in [0.1, 0.15) is 0 Å². The summed E-state index contributed by atoms with van der Waals surface area (Å²) in [5.74, 6) is 0.447. The van der Waals surface area contributed by atoms with Crippen LogP contribution in [0.25, 0.3) is 0 Å². The highest BCUT2D eigenvalue weighted by Crippen LogP contribution is 2.34. The first-order chi connectivity index (χ1) is 9.05. The number of amidine groups is 1. The summed E-state index contributed by atoms with van der Waals surface area (Å²) in [6.45, 7) is 0. The number of hydrogen-bond donors (Lipinski definition) is 1. The lowest BCUT2D eigenvalue weighted by molar-refractivity contribution is 0.601. The zero-order valence-electron chi connectivity index (χ0n) is 10.4. The highest BCUT2D eigenvalue weighted by atomic mass is 32.2. The molecule has 2 aliphatic rings. The van der Waals surface area contributed by atoms with Crippen LogP contribution in [0.2, 0.25) is 0 Å². The molecule has 1 fully saturated rings. The van der Waals surface area contributed by atoms with Gasteiger partial charge in [-0.25, -0.2) is 8.42 Å². The van der Waals surface area contributed by atoms with Crippen molar-refractivity contribution >= 4 is 44.2 Å². The van der Waals surface area contributed by atoms with Crippen molar-refractivity contribution in [3.05, 3.63) is 24.3 Å². The molecule has 0 spiro atoms. The molecule has 4 nitrogen and oxygen atoms in total. The second-order valence-electron chi connectivity index (χ2n) is 4.59. The second-order valence-corrected chi connectivity index (χ2v) is 8.85. The molecule has 3 rings (SSSR count). The van der Waals surface area contributed by atoms with Crippen molar-refractivity contribution in [3.8, 4) is 0 Å². The second kappa shape index (κ2) is 5.03. The van der Waals surface area contributed by atoms with Gasteiger partial charge in [0.15, 0.2) is 15.0 Å². The van der Waals surface area contributed by atoms with E-state index in [9.17, 15) is 8.42 Å². The average molecular weight is 314 g/mol. The molecular formula is C12H14N2O2S3. The molecule has 1 N–H and O–H groups in total. The molecule has 2 aliphatic heterocycles. The third-order valence-corrected chi connectivity index (χ3v) is 7.01. The summed E-state index contributed by atoms with van der Waals surface area (Å²) in [6, 6.07) is 8.05. The summed E-state index contributed by atoms with van der Waals surface area (Å²) >= 11 is 3.24. The number of anilines is 1. The maximum absolute atomic E-state index is 11.5. The third kappa shape index (κ3) is 2.93. The van der Waals surface area contributed by atoms with Gasteiger partial charge in [-0.05, 0) is 24.5 Å². The van der Waals surface area contributed by atoms with E-state index in [1.54, 1.807) is 23.5 Å². The monoisotopic (exact) mass is 314 g/mol. The van der Waals surface area contributed by atoms with E-state index in [-0.39, 0.29) is 22.8 Å². The largest absolute Gasteiger partial charge is 0.335 e. The van der Waals surface area contributed by atoms with Crippen molar-refractivity contribution in [1.29, 1.82) is 0 Å². The van der Waals surface area contributed by atoms with Crippen LogP contribution in [-0.2, 0) is 9.84 Å². The van der Waals surface area contributed by atoms with Crippen molar-refractivity contribution in [2.45, 2.75) is 16.2 Å². The maximum atomic E-state index is 11.5. The first-order valence-electron chi connectivity index (χ1n) is 5.92. The zero-order valence-corrected chi connectivity index (χ0v) is 12.8. The summed E-state index contributed by atoms with van der Waals surface area (Å²) in [7, 11) is -2.87. The molecular weight excluding hydrogens is 300 g/mol. The van der Waals surface area contributed by atoms with Gasteiger partial charge < -0.3 is 5.32 Å². The SMILES string of the molecule is CSc1cccc(NC2=N[C@H]3CS(=O)(=O)C[C@H]3S2)c1. The fourth-order valence-corrected chi connectivity index (χ4v) is 6.38. The van der Waals surface area contributed by atoms with Crippen LogP contribution >= 0.6 is 23.5 Å². The lowest BCUT2D eigenvalue weighted by atomic mass is 10.3. The molecule has 102 valence electrons. The van der Waals surface area contributed by atoms with Crippen LogP contribution in [0.5, 0.6) is 0 Å². The number of nitrogens with one attached hydrogen (secondary N) is 1. The zero-order chi connectivity index (χ0) is 13.5. The Morgan fingerprint density at radius 2 is 2.26 bits per heavy atom. The summed E-state index contributed by atoms with van der Waals surface area (Å²) in [6.07, 6.45) is 2.04. The Labute approximate surface area is 121 Å². The van der Waals surface area contributed by atoms with E-state index in [4.69, 9.17) is 0 Å². The minimum absolute atomic E-state index is 0.0683. The van der Waals surface area contributed by atoms with Crippen LogP contribution in [0.3, 0.4) is 0 Å². The number of aliphatic imine (C=N–C) groups is 1. The first kappa shape index (κ1) is 13.3. The molecule has 0 saturated carbocycles. The summed E-state index contributed by atoms with van der Waals surface area (Å²) in [4.78, 5) is 5.67. The lowest BCUT2D eigenvalue weighted by Gasteiger charge is -2.07. The van der Waals surface area contributed by atoms with E-state index >= 15 is 0 Å². The van der Waals surface area contributed by atoms with Crippen LogP contribution in [0.4, 0.5) is 5.69 Å². The van der Waals surface area contributed by atoms with Gasteiger partial charge in [-0.2, -0.15) is 0 Å². The van der Waals surface area contributed by atoms with Gasteiger partial charge in [-0.15, -0.1) is 11.8 Å². The van der Waals surface area contributed by atoms with Crippen LogP contribution in [0, 0.1) is 0 Å². The van der Waals surface area contributed by atoms with Gasteiger partial charge in [0.05, 0.1) is 17.5 Å². The van der Waals surface area contributed by atoms with Gasteiger partial charge in [-0.1, -0.05) is 17.8 Å². The van der Waals surface area contributed by atoms with E-state index in [0.29, 0.717) is 0 Å². The number of thioether (sulfide) groups is 2. The number of hydrogen-bond acceptors (Lipinski definition) is 6. The Morgan fingerprint density at radius 3 is 3.00 bits per heavy atom. The predicted octanol–water partition coefficient (Wildman–Crippen LogP) is 2.09. The van der Waals surface area contributed by atoms with Gasteiger partial charge in [0.2, 0.25) is 0 Å². The van der Waals surface area contributed by atoms with Gasteiger partial charge in [-0.3, -0.25) is 4.99 Å². The maximum Gasteiger partial charge on any atom is 0.161 e. The molecule has 0 radical (unpaired) electrons. The highest BCUT2D eigenvalue weighted by Gasteiger charge is 2.42. The minimum atomic E-state index is -2.87. The Bertz CT molecular complexity index is 628. The van der Waals surface area contributed by atoms with Gasteiger partial charge >= 0.3 is 0 Å². The normalized spacial score (nSPS) is 27.9. The Kier molecular flexibility index (Phi) is 3.53. The van der Waals surface area contributed by atoms with Crippen LogP contribution in [0.1, 0.15) is 0 Å². The topological polar surface area (TPSA) is 58.5 Å². The number of nitrogens with zero attached hydrogens (tertiary/aromatic N) is 1. The van der Waals surface area contributed by atoms with Crippen molar-refractivity contribution in [2.24, 2.45) is 4.99 Å². The molecule has 1 saturated heterocycles. The molecule has 0 aromatic heterocycles. The molecule has 1 aromatic rings. The molecule has 7 heteroatoms. The van der Waals surface area contributed by atoms with Crippen molar-refractivity contribution in [3.63, 3.8) is 0 Å². The third-order valence-electron chi connectivity index (χ3n) is 3.14. The molecule has 0 aliphatic carbocycles. The summed E-state index contributed by atoms with van der Waals surface area (Å²) in [5, 5.41) is 4.21. The van der Waals surface area contributed by atoms with Gasteiger partial charge in [0.25, 0.3) is 0 Å². The smallest absolute Gasteiger partial charge is 0.161 e. The van der Waals surface area contributed by atoms with E-state index in [0.717, 1.165) is 10.9 Å².